The van der Waals surface area contributed by atoms with Gasteiger partial charge in [0, 0.05) is 16.3 Å². The van der Waals surface area contributed by atoms with E-state index in [9.17, 15) is 4.79 Å². The first kappa shape index (κ1) is 17.4. The first-order valence-electron chi connectivity index (χ1n) is 7.17. The molecule has 0 aliphatic carbocycles. The predicted octanol–water partition coefficient (Wildman–Crippen LogP) is 4.61. The summed E-state index contributed by atoms with van der Waals surface area (Å²) < 4.78 is 0.717. The molecular weight excluding hydrogens is 376 g/mol. The molecule has 0 saturated heterocycles. The molecule has 0 fully saturated rings. The number of thioether (sulfide) groups is 1. The number of nitrogens with one attached hydrogen (secondary N) is 1. The molecule has 2 aromatic carbocycles. The van der Waals surface area contributed by atoms with Crippen molar-refractivity contribution in [2.24, 2.45) is 0 Å². The quantitative estimate of drug-likeness (QED) is 0.511. The lowest BCUT2D eigenvalue weighted by molar-refractivity contribution is 0.102. The highest BCUT2D eigenvalue weighted by Gasteiger charge is 2.11. The molecule has 5 nitrogen and oxygen atoms in total. The molecule has 0 aliphatic rings. The number of hydrogen-bond acceptors (Lipinski definition) is 6. The highest BCUT2D eigenvalue weighted by Crippen LogP contribution is 2.29. The number of nitriles is 1. The van der Waals surface area contributed by atoms with Crippen molar-refractivity contribution in [3.63, 3.8) is 0 Å². The number of carbonyl (C=O) groups excluding carboxylic acids is 1. The Hall–Kier alpha value is -2.40. The average Bonchev–Trinajstić information content (AvgIpc) is 3.07. The van der Waals surface area contributed by atoms with Gasteiger partial charge in [-0.05, 0) is 29.8 Å². The fraction of sp³-hybridized carbons (Fsp3) is 0.0588. The molecule has 0 unspecified atom stereocenters. The molecule has 0 aliphatic heterocycles. The smallest absolute Gasteiger partial charge is 0.257 e. The molecule has 1 heterocycles. The van der Waals surface area contributed by atoms with Gasteiger partial charge in [0.15, 0.2) is 4.34 Å². The first-order chi connectivity index (χ1) is 12.2. The zero-order chi connectivity index (χ0) is 17.6. The SMILES string of the molecule is N#Cc1ccccc1CSc1nnc(NC(=O)c2cccc(Cl)c2)s1. The van der Waals surface area contributed by atoms with Crippen molar-refractivity contribution in [3.8, 4) is 6.07 Å². The van der Waals surface area contributed by atoms with Gasteiger partial charge in [0.1, 0.15) is 0 Å². The standard InChI is InChI=1S/C17H11ClN4OS2/c18-14-7-3-6-11(8-14)15(23)20-16-21-22-17(25-16)24-10-13-5-2-1-4-12(13)9-19/h1-8H,10H2,(H,20,21,23). The van der Waals surface area contributed by atoms with Gasteiger partial charge in [0.25, 0.3) is 5.91 Å². The number of aromatic nitrogens is 2. The maximum atomic E-state index is 12.2. The van der Waals surface area contributed by atoms with E-state index in [1.165, 1.54) is 23.1 Å². The van der Waals surface area contributed by atoms with Crippen molar-refractivity contribution in [3.05, 3.63) is 70.2 Å². The summed E-state index contributed by atoms with van der Waals surface area (Å²) in [6, 6.07) is 16.3. The third-order valence-electron chi connectivity index (χ3n) is 3.20. The number of halogens is 1. The normalized spacial score (nSPS) is 10.2. The largest absolute Gasteiger partial charge is 0.296 e. The molecule has 1 N–H and O–H groups in total. The Bertz CT molecular complexity index is 952. The lowest BCUT2D eigenvalue weighted by Gasteiger charge is -2.01. The van der Waals surface area contributed by atoms with E-state index in [-0.39, 0.29) is 5.91 Å². The molecular formula is C17H11ClN4OS2. The fourth-order valence-electron chi connectivity index (χ4n) is 2.01. The fourth-order valence-corrected chi connectivity index (χ4v) is 3.95. The Morgan fingerprint density at radius 3 is 2.88 bits per heavy atom. The summed E-state index contributed by atoms with van der Waals surface area (Å²) in [6.45, 7) is 0. The lowest BCUT2D eigenvalue weighted by atomic mass is 10.1. The van der Waals surface area contributed by atoms with Crippen LogP contribution >= 0.6 is 34.7 Å². The van der Waals surface area contributed by atoms with Gasteiger partial charge < -0.3 is 0 Å². The van der Waals surface area contributed by atoms with Crippen LogP contribution in [0.25, 0.3) is 0 Å². The van der Waals surface area contributed by atoms with Gasteiger partial charge in [-0.15, -0.1) is 10.2 Å². The molecule has 124 valence electrons. The van der Waals surface area contributed by atoms with Crippen LogP contribution in [-0.4, -0.2) is 16.1 Å². The molecule has 3 aromatic rings. The highest BCUT2D eigenvalue weighted by molar-refractivity contribution is 8.00. The van der Waals surface area contributed by atoms with Gasteiger partial charge in [0.05, 0.1) is 11.6 Å². The Labute approximate surface area is 157 Å². The minimum atomic E-state index is -0.287. The summed E-state index contributed by atoms with van der Waals surface area (Å²) in [5, 5.41) is 20.8. The Morgan fingerprint density at radius 2 is 2.08 bits per heavy atom. The van der Waals surface area contributed by atoms with Crippen molar-refractivity contribution in [1.29, 1.82) is 5.26 Å². The van der Waals surface area contributed by atoms with Crippen LogP contribution in [0.4, 0.5) is 5.13 Å². The van der Waals surface area contributed by atoms with E-state index >= 15 is 0 Å². The van der Waals surface area contributed by atoms with Crippen LogP contribution in [-0.2, 0) is 5.75 Å². The first-order valence-corrected chi connectivity index (χ1v) is 9.35. The Morgan fingerprint density at radius 1 is 1.24 bits per heavy atom. The zero-order valence-electron chi connectivity index (χ0n) is 12.8. The van der Waals surface area contributed by atoms with Crippen molar-refractivity contribution < 1.29 is 4.79 Å². The van der Waals surface area contributed by atoms with E-state index in [0.29, 0.717) is 31.4 Å². The molecule has 1 aromatic heterocycles. The van der Waals surface area contributed by atoms with E-state index in [1.54, 1.807) is 30.3 Å². The van der Waals surface area contributed by atoms with Crippen molar-refractivity contribution in [2.75, 3.05) is 5.32 Å². The van der Waals surface area contributed by atoms with Gasteiger partial charge in [-0.25, -0.2) is 0 Å². The number of nitrogens with zero attached hydrogens (tertiary/aromatic N) is 3. The second kappa shape index (κ2) is 8.12. The van der Waals surface area contributed by atoms with Gasteiger partial charge in [-0.1, -0.05) is 59.0 Å². The van der Waals surface area contributed by atoms with E-state index in [1.807, 2.05) is 18.2 Å². The van der Waals surface area contributed by atoms with Gasteiger partial charge in [-0.2, -0.15) is 5.26 Å². The van der Waals surface area contributed by atoms with Crippen molar-refractivity contribution in [1.82, 2.24) is 10.2 Å². The average molecular weight is 387 g/mol. The van der Waals surface area contributed by atoms with Crippen LogP contribution in [0.3, 0.4) is 0 Å². The van der Waals surface area contributed by atoms with Crippen LogP contribution in [0.2, 0.25) is 5.02 Å². The summed E-state index contributed by atoms with van der Waals surface area (Å²) >= 11 is 8.64. The number of rotatable bonds is 5. The van der Waals surface area contributed by atoms with Crippen LogP contribution in [0.5, 0.6) is 0 Å². The molecule has 0 bridgehead atoms. The van der Waals surface area contributed by atoms with E-state index in [0.717, 1.165) is 5.56 Å². The maximum absolute atomic E-state index is 12.2. The summed E-state index contributed by atoms with van der Waals surface area (Å²) in [6.07, 6.45) is 0. The molecule has 0 saturated carbocycles. The molecule has 1 amide bonds. The summed E-state index contributed by atoms with van der Waals surface area (Å²) in [4.78, 5) is 12.2. The number of amides is 1. The minimum Gasteiger partial charge on any atom is -0.296 e. The van der Waals surface area contributed by atoms with Crippen LogP contribution in [0, 0.1) is 11.3 Å². The monoisotopic (exact) mass is 386 g/mol. The molecule has 8 heteroatoms. The van der Waals surface area contributed by atoms with Crippen LogP contribution in [0.15, 0.2) is 52.9 Å². The Kier molecular flexibility index (Phi) is 5.66. The molecule has 0 spiro atoms. The van der Waals surface area contributed by atoms with Crippen LogP contribution in [0.1, 0.15) is 21.5 Å². The number of benzene rings is 2. The minimum absolute atomic E-state index is 0.287. The second-order valence-electron chi connectivity index (χ2n) is 4.90. The molecule has 0 radical (unpaired) electrons. The van der Waals surface area contributed by atoms with E-state index < -0.39 is 0 Å². The highest BCUT2D eigenvalue weighted by atomic mass is 35.5. The van der Waals surface area contributed by atoms with Crippen LogP contribution < -0.4 is 5.32 Å². The molecule has 0 atom stereocenters. The van der Waals surface area contributed by atoms with E-state index in [2.05, 4.69) is 21.6 Å². The number of anilines is 1. The van der Waals surface area contributed by atoms with E-state index in [4.69, 9.17) is 16.9 Å². The number of hydrogen-bond donors (Lipinski definition) is 1. The third kappa shape index (κ3) is 4.57. The topological polar surface area (TPSA) is 78.7 Å². The Balaban J connectivity index is 1.63. The maximum Gasteiger partial charge on any atom is 0.257 e. The number of carbonyl (C=O) groups is 1. The molecule has 3 rings (SSSR count). The zero-order valence-corrected chi connectivity index (χ0v) is 15.2. The van der Waals surface area contributed by atoms with Crippen molar-refractivity contribution in [2.45, 2.75) is 10.1 Å². The summed E-state index contributed by atoms with van der Waals surface area (Å²) in [7, 11) is 0. The third-order valence-corrected chi connectivity index (χ3v) is 5.46. The lowest BCUT2D eigenvalue weighted by Crippen LogP contribution is -2.11. The van der Waals surface area contributed by atoms with Gasteiger partial charge in [-0.3, -0.25) is 10.1 Å². The van der Waals surface area contributed by atoms with Gasteiger partial charge >= 0.3 is 0 Å². The van der Waals surface area contributed by atoms with Gasteiger partial charge in [0.2, 0.25) is 5.13 Å². The molecule has 25 heavy (non-hydrogen) atoms. The summed E-state index contributed by atoms with van der Waals surface area (Å²) in [5.74, 6) is 0.325. The summed E-state index contributed by atoms with van der Waals surface area (Å²) in [5.41, 5.74) is 2.04. The second-order valence-corrected chi connectivity index (χ2v) is 7.53. The predicted molar refractivity (Wildman–Crippen MR) is 100 cm³/mol. The van der Waals surface area contributed by atoms with Crippen molar-refractivity contribution >= 4 is 45.7 Å².